The number of likely N-dealkylation sites (N-methyl/N-ethyl adjacent to an activating group) is 1. The third-order valence-corrected chi connectivity index (χ3v) is 4.74. The van der Waals surface area contributed by atoms with E-state index in [1.54, 1.807) is 24.3 Å². The Bertz CT molecular complexity index is 893. The summed E-state index contributed by atoms with van der Waals surface area (Å²) in [7, 11) is 1.85. The molecule has 0 saturated heterocycles. The average molecular weight is 551 g/mol. The zero-order chi connectivity index (χ0) is 28.6. The normalized spacial score (nSPS) is 11.8. The first-order valence-corrected chi connectivity index (χ1v) is 12.9. The lowest BCUT2D eigenvalue weighted by Crippen LogP contribution is -2.28. The van der Waals surface area contributed by atoms with Gasteiger partial charge in [0.1, 0.15) is 19.0 Å². The van der Waals surface area contributed by atoms with Crippen molar-refractivity contribution in [1.29, 1.82) is 0 Å². The number of hydrogen-bond acceptors (Lipinski definition) is 9. The van der Waals surface area contributed by atoms with E-state index in [4.69, 9.17) is 29.2 Å². The van der Waals surface area contributed by atoms with Gasteiger partial charge in [0, 0.05) is 29.8 Å². The van der Waals surface area contributed by atoms with Crippen LogP contribution in [0, 0.1) is 5.92 Å². The Hall–Kier alpha value is -3.19. The summed E-state index contributed by atoms with van der Waals surface area (Å²) in [6, 6.07) is 6.82. The van der Waals surface area contributed by atoms with Crippen LogP contribution < -0.4 is 20.7 Å². The highest BCUT2D eigenvalue weighted by molar-refractivity contribution is 5.90. The third-order valence-electron chi connectivity index (χ3n) is 4.74. The molecule has 218 valence electrons. The maximum atomic E-state index is 12.2. The third kappa shape index (κ3) is 19.5. The van der Waals surface area contributed by atoms with Gasteiger partial charge in [0.25, 0.3) is 0 Å². The molecule has 0 aliphatic heterocycles. The summed E-state index contributed by atoms with van der Waals surface area (Å²) in [6.07, 6.45) is 3.20. The van der Waals surface area contributed by atoms with Gasteiger partial charge in [-0.15, -0.1) is 0 Å². The number of hydrogen-bond donors (Lipinski definition) is 3. The van der Waals surface area contributed by atoms with Crippen LogP contribution >= 0.6 is 0 Å². The van der Waals surface area contributed by atoms with Gasteiger partial charge in [0.05, 0.1) is 46.1 Å². The zero-order valence-corrected chi connectivity index (χ0v) is 23.1. The standard InChI is InChI=1S/C26H42N6O7/c1-21(2)6-5-10-29-25(34)19-37-16-17-38-26(31-32-27)20-39-23-8-4-7-22(18-23)30-24(33)9-12-35-14-15-36-13-11-28-3/h4-8,18,21,26,28H,9-17,19-20H2,1-3H3,(H,29,34)(H,30,33)/b6-5+. The lowest BCUT2D eigenvalue weighted by atomic mass is 10.2. The number of rotatable bonds is 23. The highest BCUT2D eigenvalue weighted by Gasteiger charge is 2.10. The minimum atomic E-state index is -0.897. The van der Waals surface area contributed by atoms with Crippen LogP contribution in [0.2, 0.25) is 0 Å². The quantitative estimate of drug-likeness (QED) is 0.0615. The van der Waals surface area contributed by atoms with E-state index < -0.39 is 6.23 Å². The topological polar surface area (TPSA) is 165 Å². The Kier molecular flexibility index (Phi) is 19.8. The van der Waals surface area contributed by atoms with Crippen LogP contribution in [0.5, 0.6) is 5.75 Å². The van der Waals surface area contributed by atoms with E-state index in [2.05, 4.69) is 39.8 Å². The molecular weight excluding hydrogens is 508 g/mol. The number of nitrogens with one attached hydrogen (secondary N) is 3. The second-order valence-electron chi connectivity index (χ2n) is 8.52. The fourth-order valence-corrected chi connectivity index (χ4v) is 2.86. The maximum absolute atomic E-state index is 12.2. The number of allylic oxidation sites excluding steroid dienone is 1. The molecule has 13 nitrogen and oxygen atoms in total. The summed E-state index contributed by atoms with van der Waals surface area (Å²) >= 11 is 0. The van der Waals surface area contributed by atoms with Crippen molar-refractivity contribution in [2.75, 3.05) is 78.3 Å². The summed E-state index contributed by atoms with van der Waals surface area (Å²) in [5.74, 6) is 0.458. The number of benzene rings is 1. The summed E-state index contributed by atoms with van der Waals surface area (Å²) < 4.78 is 27.2. The zero-order valence-electron chi connectivity index (χ0n) is 23.1. The molecule has 0 saturated carbocycles. The summed E-state index contributed by atoms with van der Waals surface area (Å²) in [5.41, 5.74) is 9.36. The van der Waals surface area contributed by atoms with E-state index in [9.17, 15) is 9.59 Å². The van der Waals surface area contributed by atoms with E-state index in [0.717, 1.165) is 6.54 Å². The molecule has 0 spiro atoms. The Morgan fingerprint density at radius 1 is 1.05 bits per heavy atom. The summed E-state index contributed by atoms with van der Waals surface area (Å²) in [5, 5.41) is 12.1. The lowest BCUT2D eigenvalue weighted by Gasteiger charge is -2.15. The van der Waals surface area contributed by atoms with Gasteiger partial charge in [-0.3, -0.25) is 9.59 Å². The molecule has 0 aliphatic rings. The van der Waals surface area contributed by atoms with Crippen molar-refractivity contribution < 1.29 is 33.3 Å². The number of ether oxygens (including phenoxy) is 5. The number of carbonyl (C=O) groups excluding carboxylic acids is 2. The van der Waals surface area contributed by atoms with Gasteiger partial charge >= 0.3 is 0 Å². The van der Waals surface area contributed by atoms with Gasteiger partial charge in [-0.05, 0) is 30.6 Å². The molecule has 39 heavy (non-hydrogen) atoms. The van der Waals surface area contributed by atoms with Crippen molar-refractivity contribution in [3.8, 4) is 5.75 Å². The molecule has 0 radical (unpaired) electrons. The van der Waals surface area contributed by atoms with Crippen LogP contribution in [0.3, 0.4) is 0 Å². The van der Waals surface area contributed by atoms with Crippen molar-refractivity contribution in [3.63, 3.8) is 0 Å². The number of carbonyl (C=O) groups is 2. The monoisotopic (exact) mass is 550 g/mol. The number of nitrogens with zero attached hydrogens (tertiary/aromatic N) is 3. The lowest BCUT2D eigenvalue weighted by molar-refractivity contribution is -0.126. The molecule has 1 unspecified atom stereocenters. The molecular formula is C26H42N6O7. The summed E-state index contributed by atoms with van der Waals surface area (Å²) in [4.78, 5) is 26.7. The Morgan fingerprint density at radius 3 is 2.56 bits per heavy atom. The molecule has 1 rings (SSSR count). The second kappa shape index (κ2) is 22.8. The molecule has 0 bridgehead atoms. The van der Waals surface area contributed by atoms with E-state index in [1.165, 1.54) is 0 Å². The molecule has 1 aromatic carbocycles. The van der Waals surface area contributed by atoms with Crippen LogP contribution in [0.15, 0.2) is 41.5 Å². The van der Waals surface area contributed by atoms with Crippen molar-refractivity contribution in [1.82, 2.24) is 10.6 Å². The molecule has 0 fully saturated rings. The van der Waals surface area contributed by atoms with E-state index in [0.29, 0.717) is 43.7 Å². The van der Waals surface area contributed by atoms with Gasteiger partial charge in [-0.2, -0.15) is 0 Å². The second-order valence-corrected chi connectivity index (χ2v) is 8.52. The first kappa shape index (κ1) is 33.8. The number of azide groups is 1. The molecule has 13 heteroatoms. The number of anilines is 1. The molecule has 1 atom stereocenters. The summed E-state index contributed by atoms with van der Waals surface area (Å²) in [6.45, 7) is 7.22. The van der Waals surface area contributed by atoms with E-state index in [1.807, 2.05) is 19.2 Å². The predicted octanol–water partition coefficient (Wildman–Crippen LogP) is 2.64. The van der Waals surface area contributed by atoms with Gasteiger partial charge in [0.2, 0.25) is 11.8 Å². The van der Waals surface area contributed by atoms with Crippen LogP contribution in [-0.4, -0.2) is 91.0 Å². The molecule has 1 aromatic rings. The van der Waals surface area contributed by atoms with Crippen LogP contribution in [0.4, 0.5) is 5.69 Å². The molecule has 0 aromatic heterocycles. The van der Waals surface area contributed by atoms with Crippen molar-refractivity contribution in [2.45, 2.75) is 26.5 Å². The van der Waals surface area contributed by atoms with Gasteiger partial charge in [0.15, 0.2) is 6.23 Å². The van der Waals surface area contributed by atoms with Gasteiger partial charge < -0.3 is 39.6 Å². The van der Waals surface area contributed by atoms with Crippen LogP contribution in [0.1, 0.15) is 20.3 Å². The highest BCUT2D eigenvalue weighted by Crippen LogP contribution is 2.18. The van der Waals surface area contributed by atoms with Gasteiger partial charge in [-0.25, -0.2) is 0 Å². The van der Waals surface area contributed by atoms with Crippen LogP contribution in [0.25, 0.3) is 10.4 Å². The Labute approximate surface area is 230 Å². The fraction of sp³-hybridized carbons (Fsp3) is 0.615. The Morgan fingerprint density at radius 2 is 1.82 bits per heavy atom. The smallest absolute Gasteiger partial charge is 0.246 e. The molecule has 3 N–H and O–H groups in total. The highest BCUT2D eigenvalue weighted by atomic mass is 16.6. The molecule has 0 aliphatic carbocycles. The first-order valence-electron chi connectivity index (χ1n) is 12.9. The van der Waals surface area contributed by atoms with Crippen molar-refractivity contribution in [2.24, 2.45) is 11.0 Å². The first-order chi connectivity index (χ1) is 18.9. The SMILES string of the molecule is CNCCOCCOCCC(=O)Nc1cccc(OCC(N=[N+]=[N-])OCCOCC(=O)NC/C=C/C(C)C)c1. The largest absolute Gasteiger partial charge is 0.491 e. The minimum absolute atomic E-state index is 0.0473. The predicted molar refractivity (Wildman–Crippen MR) is 147 cm³/mol. The van der Waals surface area contributed by atoms with Crippen molar-refractivity contribution in [3.05, 3.63) is 46.9 Å². The number of amides is 2. The Balaban J connectivity index is 2.28. The van der Waals surface area contributed by atoms with E-state index >= 15 is 0 Å². The van der Waals surface area contributed by atoms with Crippen molar-refractivity contribution >= 4 is 17.5 Å². The maximum Gasteiger partial charge on any atom is 0.246 e. The average Bonchev–Trinajstić information content (AvgIpc) is 2.91. The minimum Gasteiger partial charge on any atom is -0.491 e. The fourth-order valence-electron chi connectivity index (χ4n) is 2.86. The van der Waals surface area contributed by atoms with E-state index in [-0.39, 0.29) is 51.3 Å². The molecule has 0 heterocycles. The van der Waals surface area contributed by atoms with Gasteiger partial charge in [-0.1, -0.05) is 37.2 Å². The molecule has 2 amide bonds. The van der Waals surface area contributed by atoms with Crippen LogP contribution in [-0.2, 0) is 28.5 Å².